The van der Waals surface area contributed by atoms with Crippen LogP contribution in [-0.2, 0) is 12.5 Å². The van der Waals surface area contributed by atoms with E-state index in [0.717, 1.165) is 28.3 Å². The molecule has 0 radical (unpaired) electrons. The van der Waals surface area contributed by atoms with Crippen molar-refractivity contribution in [1.29, 1.82) is 0 Å². The van der Waals surface area contributed by atoms with Crippen molar-refractivity contribution in [1.82, 2.24) is 19.5 Å². The molecule has 142 valence electrons. The van der Waals surface area contributed by atoms with Crippen LogP contribution in [0.15, 0.2) is 60.8 Å². The predicted octanol–water partition coefficient (Wildman–Crippen LogP) is 5.20. The van der Waals surface area contributed by atoms with Crippen molar-refractivity contribution in [3.63, 3.8) is 0 Å². The fourth-order valence-electron chi connectivity index (χ4n) is 3.15. The van der Waals surface area contributed by atoms with Crippen molar-refractivity contribution >= 4 is 22.7 Å². The van der Waals surface area contributed by atoms with E-state index in [0.29, 0.717) is 11.8 Å². The first-order valence-electron chi connectivity index (χ1n) is 9.20. The predicted molar refractivity (Wildman–Crippen MR) is 111 cm³/mol. The van der Waals surface area contributed by atoms with Crippen LogP contribution in [0.1, 0.15) is 26.6 Å². The Kier molecular flexibility index (Phi) is 4.47. The molecule has 28 heavy (non-hydrogen) atoms. The molecule has 0 atom stereocenters. The van der Waals surface area contributed by atoms with E-state index in [1.54, 1.807) is 12.3 Å². The second kappa shape index (κ2) is 6.96. The molecule has 6 heteroatoms. The van der Waals surface area contributed by atoms with Gasteiger partial charge in [0.25, 0.3) is 0 Å². The topological polar surface area (TPSA) is 64.9 Å². The highest BCUT2D eigenvalue weighted by atomic mass is 16.5. The molecule has 0 bridgehead atoms. The van der Waals surface area contributed by atoms with Crippen LogP contribution in [0.25, 0.3) is 11.0 Å². The van der Waals surface area contributed by atoms with Crippen molar-refractivity contribution in [3.05, 3.63) is 66.6 Å². The second-order valence-corrected chi connectivity index (χ2v) is 7.71. The highest BCUT2D eigenvalue weighted by molar-refractivity contribution is 5.81. The van der Waals surface area contributed by atoms with E-state index in [4.69, 9.17) is 9.72 Å². The third kappa shape index (κ3) is 3.67. The largest absolute Gasteiger partial charge is 0.439 e. The first-order valence-corrected chi connectivity index (χ1v) is 9.20. The van der Waals surface area contributed by atoms with E-state index in [2.05, 4.69) is 53.7 Å². The molecule has 0 fully saturated rings. The molecule has 2 heterocycles. The lowest BCUT2D eigenvalue weighted by Gasteiger charge is -2.17. The molecule has 1 N–H and O–H groups in total. The van der Waals surface area contributed by atoms with Gasteiger partial charge in [-0.1, -0.05) is 39.0 Å². The van der Waals surface area contributed by atoms with Crippen LogP contribution in [-0.4, -0.2) is 19.5 Å². The molecule has 2 aromatic heterocycles. The van der Waals surface area contributed by atoms with Crippen LogP contribution < -0.4 is 10.1 Å². The van der Waals surface area contributed by atoms with E-state index in [1.807, 2.05) is 42.5 Å². The maximum absolute atomic E-state index is 5.78. The molecule has 4 rings (SSSR count). The van der Waals surface area contributed by atoms with Gasteiger partial charge in [-0.15, -0.1) is 0 Å². The quantitative estimate of drug-likeness (QED) is 0.533. The fraction of sp³-hybridized carbons (Fsp3) is 0.227. The summed E-state index contributed by atoms with van der Waals surface area (Å²) in [5, 5.41) is 3.24. The summed E-state index contributed by atoms with van der Waals surface area (Å²) in [6, 6.07) is 17.4. The molecule has 6 nitrogen and oxygen atoms in total. The lowest BCUT2D eigenvalue weighted by atomic mass is 9.96. The maximum Gasteiger partial charge on any atom is 0.230 e. The minimum atomic E-state index is -0.0203. The van der Waals surface area contributed by atoms with E-state index >= 15 is 0 Å². The van der Waals surface area contributed by atoms with Gasteiger partial charge in [-0.05, 0) is 30.3 Å². The zero-order valence-corrected chi connectivity index (χ0v) is 16.5. The van der Waals surface area contributed by atoms with E-state index in [-0.39, 0.29) is 5.41 Å². The summed E-state index contributed by atoms with van der Waals surface area (Å²) in [5.74, 6) is 2.74. The van der Waals surface area contributed by atoms with Gasteiger partial charge in [0.1, 0.15) is 11.6 Å². The number of benzene rings is 2. The van der Waals surface area contributed by atoms with Crippen LogP contribution in [0.3, 0.4) is 0 Å². The van der Waals surface area contributed by atoms with Crippen LogP contribution >= 0.6 is 0 Å². The smallest absolute Gasteiger partial charge is 0.230 e. The Labute approximate surface area is 164 Å². The zero-order chi connectivity index (χ0) is 19.7. The van der Waals surface area contributed by atoms with Crippen LogP contribution in [0.4, 0.5) is 11.6 Å². The highest BCUT2D eigenvalue weighted by Crippen LogP contribution is 2.28. The number of fused-ring (bicyclic) bond motifs is 1. The summed E-state index contributed by atoms with van der Waals surface area (Å²) in [7, 11) is 2.05. The Morgan fingerprint density at radius 3 is 2.50 bits per heavy atom. The minimum Gasteiger partial charge on any atom is -0.439 e. The number of hydrogen-bond acceptors (Lipinski definition) is 5. The van der Waals surface area contributed by atoms with Crippen molar-refractivity contribution in [2.24, 2.45) is 7.05 Å². The summed E-state index contributed by atoms with van der Waals surface area (Å²) in [4.78, 5) is 13.5. The third-order valence-corrected chi connectivity index (χ3v) is 4.40. The monoisotopic (exact) mass is 373 g/mol. The Morgan fingerprint density at radius 2 is 1.75 bits per heavy atom. The summed E-state index contributed by atoms with van der Waals surface area (Å²) >= 11 is 0. The Balaban J connectivity index is 1.59. The molecule has 0 spiro atoms. The maximum atomic E-state index is 5.78. The lowest BCUT2D eigenvalue weighted by molar-refractivity contribution is 0.462. The molecule has 0 unspecified atom stereocenters. The fourth-order valence-corrected chi connectivity index (χ4v) is 3.15. The van der Waals surface area contributed by atoms with Gasteiger partial charge in [-0.3, -0.25) is 0 Å². The Hall–Kier alpha value is -3.41. The first kappa shape index (κ1) is 18.0. The van der Waals surface area contributed by atoms with Gasteiger partial charge in [-0.2, -0.15) is 4.98 Å². The molecule has 0 saturated heterocycles. The third-order valence-electron chi connectivity index (χ3n) is 4.40. The molecule has 0 aliphatic rings. The molecular formula is C22H23N5O. The number of aromatic nitrogens is 4. The van der Waals surface area contributed by atoms with Gasteiger partial charge in [0.2, 0.25) is 11.8 Å². The second-order valence-electron chi connectivity index (χ2n) is 7.71. The lowest BCUT2D eigenvalue weighted by Crippen LogP contribution is -2.17. The number of ether oxygens (including phenoxy) is 1. The van der Waals surface area contributed by atoms with Gasteiger partial charge in [0.15, 0.2) is 0 Å². The number of nitrogens with one attached hydrogen (secondary N) is 1. The van der Waals surface area contributed by atoms with E-state index in [1.165, 1.54) is 0 Å². The van der Waals surface area contributed by atoms with Crippen molar-refractivity contribution in [3.8, 4) is 11.6 Å². The first-order chi connectivity index (χ1) is 13.4. The normalized spacial score (nSPS) is 11.6. The minimum absolute atomic E-state index is 0.0203. The van der Waals surface area contributed by atoms with Crippen LogP contribution in [0.2, 0.25) is 0 Å². The summed E-state index contributed by atoms with van der Waals surface area (Å²) in [5.41, 5.74) is 2.89. The molecular weight excluding hydrogens is 350 g/mol. The van der Waals surface area contributed by atoms with Gasteiger partial charge in [0, 0.05) is 30.4 Å². The number of nitrogens with zero attached hydrogens (tertiary/aromatic N) is 4. The van der Waals surface area contributed by atoms with Gasteiger partial charge >= 0.3 is 0 Å². The Bertz CT molecular complexity index is 1110. The number of para-hydroxylation sites is 1. The summed E-state index contributed by atoms with van der Waals surface area (Å²) in [6.07, 6.45) is 1.67. The highest BCUT2D eigenvalue weighted by Gasteiger charge is 2.21. The van der Waals surface area contributed by atoms with Crippen LogP contribution in [0.5, 0.6) is 11.6 Å². The SMILES string of the molecule is Cn1c(C(C)(C)C)nc2cc(Nc3nccc(Oc4ccccc4)n3)ccc21. The number of rotatable bonds is 4. The van der Waals surface area contributed by atoms with Crippen molar-refractivity contribution in [2.75, 3.05) is 5.32 Å². The molecule has 2 aromatic carbocycles. The standard InChI is InChI=1S/C22H23N5O/c1-22(2,3)20-25-17-14-15(10-11-18(17)27(20)4)24-21-23-13-12-19(26-21)28-16-8-6-5-7-9-16/h5-14H,1-4H3,(H,23,24,26). The van der Waals surface area contributed by atoms with Crippen molar-refractivity contribution < 1.29 is 4.74 Å². The zero-order valence-electron chi connectivity index (χ0n) is 16.5. The number of aryl methyl sites for hydroxylation is 1. The van der Waals surface area contributed by atoms with Gasteiger partial charge in [-0.25, -0.2) is 9.97 Å². The molecule has 0 aliphatic heterocycles. The average Bonchev–Trinajstić information content (AvgIpc) is 2.99. The van der Waals surface area contributed by atoms with Gasteiger partial charge in [0.05, 0.1) is 11.0 Å². The van der Waals surface area contributed by atoms with Crippen molar-refractivity contribution in [2.45, 2.75) is 26.2 Å². The Morgan fingerprint density at radius 1 is 0.964 bits per heavy atom. The average molecular weight is 373 g/mol. The molecule has 4 aromatic rings. The number of imidazole rings is 1. The van der Waals surface area contributed by atoms with Crippen LogP contribution in [0, 0.1) is 0 Å². The molecule has 0 aliphatic carbocycles. The van der Waals surface area contributed by atoms with E-state index < -0.39 is 0 Å². The molecule has 0 saturated carbocycles. The number of hydrogen-bond donors (Lipinski definition) is 1. The summed E-state index contributed by atoms with van der Waals surface area (Å²) < 4.78 is 7.92. The molecule has 0 amide bonds. The van der Waals surface area contributed by atoms with E-state index in [9.17, 15) is 0 Å². The van der Waals surface area contributed by atoms with Gasteiger partial charge < -0.3 is 14.6 Å². The summed E-state index contributed by atoms with van der Waals surface area (Å²) in [6.45, 7) is 6.50. The number of anilines is 2.